The molecule has 8 nitrogen and oxygen atoms in total. The Labute approximate surface area is 349 Å². The van der Waals surface area contributed by atoms with Crippen LogP contribution in [0.2, 0.25) is 0 Å². The smallest absolute Gasteiger partial charge is 0.238 e. The Morgan fingerprint density at radius 1 is 0.311 bits per heavy atom. The maximum Gasteiger partial charge on any atom is 0.238 e. The summed E-state index contributed by atoms with van der Waals surface area (Å²) >= 11 is 0. The molecule has 8 aromatic carbocycles. The summed E-state index contributed by atoms with van der Waals surface area (Å²) in [5, 5.41) is 2.27. The van der Waals surface area contributed by atoms with Crippen molar-refractivity contribution < 1.29 is 8.83 Å². The summed E-state index contributed by atoms with van der Waals surface area (Å²) in [5.41, 5.74) is 13.0. The Kier molecular flexibility index (Phi) is 7.99. The summed E-state index contributed by atoms with van der Waals surface area (Å²) in [6, 6.07) is 65.7. The predicted molar refractivity (Wildman–Crippen MR) is 242 cm³/mol. The standard InChI is InChI=1S/C53H32N6O2/c1-5-19-45-41(15-1)42-16-2-6-20-46(42)59(45)53-57-49(39-13-9-11-37(31-39)33-23-27-35(28-24-33)51-54-43-17-3-7-21-47(43)60-51)56-50(58-53)40-14-10-12-38(32-40)34-25-29-36(30-26-34)52-55-44-18-4-8-22-48(44)61-52/h1-32H. The minimum absolute atomic E-state index is 0.540. The van der Waals surface area contributed by atoms with E-state index < -0.39 is 0 Å². The predicted octanol–water partition coefficient (Wildman–Crippen LogP) is 13.3. The number of nitrogens with zero attached hydrogens (tertiary/aromatic N) is 6. The number of aromatic nitrogens is 6. The number of para-hydroxylation sites is 6. The third kappa shape index (κ3) is 6.13. The summed E-state index contributed by atoms with van der Waals surface area (Å²) in [6.45, 7) is 0. The van der Waals surface area contributed by atoms with Crippen molar-refractivity contribution >= 4 is 44.0 Å². The molecule has 0 amide bonds. The summed E-state index contributed by atoms with van der Waals surface area (Å²) in [4.78, 5) is 25.0. The SMILES string of the molecule is c1cc(-c2ccc(-c3nc4ccccc4o3)cc2)cc(-c2nc(-c3cccc(-c4ccc(-c5nc6ccccc6o5)cc4)c3)nc(-n3c4ccccc4c4ccccc43)n2)c1. The Hall–Kier alpha value is -8.49. The largest absolute Gasteiger partial charge is 0.436 e. The van der Waals surface area contributed by atoms with Crippen LogP contribution < -0.4 is 0 Å². The molecule has 0 unspecified atom stereocenters. The Morgan fingerprint density at radius 3 is 1.20 bits per heavy atom. The molecular weight excluding hydrogens is 753 g/mol. The van der Waals surface area contributed by atoms with Crippen LogP contribution in [0.3, 0.4) is 0 Å². The third-order valence-electron chi connectivity index (χ3n) is 11.2. The molecule has 61 heavy (non-hydrogen) atoms. The van der Waals surface area contributed by atoms with Crippen LogP contribution in [0.15, 0.2) is 203 Å². The lowest BCUT2D eigenvalue weighted by molar-refractivity contribution is 0.619. The van der Waals surface area contributed by atoms with Crippen molar-refractivity contribution in [3.05, 3.63) is 194 Å². The minimum atomic E-state index is 0.540. The lowest BCUT2D eigenvalue weighted by Crippen LogP contribution is -2.06. The molecule has 0 saturated heterocycles. The maximum absolute atomic E-state index is 6.04. The van der Waals surface area contributed by atoms with E-state index in [1.54, 1.807) is 0 Å². The van der Waals surface area contributed by atoms with Gasteiger partial charge < -0.3 is 8.83 Å². The van der Waals surface area contributed by atoms with E-state index in [-0.39, 0.29) is 0 Å². The molecule has 0 aliphatic carbocycles. The van der Waals surface area contributed by atoms with Gasteiger partial charge in [0.2, 0.25) is 17.7 Å². The van der Waals surface area contributed by atoms with Gasteiger partial charge in [-0.25, -0.2) is 15.0 Å². The normalized spacial score (nSPS) is 11.6. The van der Waals surface area contributed by atoms with Gasteiger partial charge in [-0.15, -0.1) is 0 Å². The number of rotatable bonds is 7. The summed E-state index contributed by atoms with van der Waals surface area (Å²) in [7, 11) is 0. The summed E-state index contributed by atoms with van der Waals surface area (Å²) in [5.74, 6) is 2.87. The van der Waals surface area contributed by atoms with E-state index in [4.69, 9.17) is 23.8 Å². The molecule has 0 N–H and O–H groups in total. The third-order valence-corrected chi connectivity index (χ3v) is 11.2. The highest BCUT2D eigenvalue weighted by molar-refractivity contribution is 6.09. The molecule has 0 radical (unpaired) electrons. The molecule has 286 valence electrons. The molecule has 0 bridgehead atoms. The molecule has 12 rings (SSSR count). The van der Waals surface area contributed by atoms with Gasteiger partial charge in [0.05, 0.1) is 11.0 Å². The van der Waals surface area contributed by atoms with Crippen molar-refractivity contribution in [2.75, 3.05) is 0 Å². The fourth-order valence-electron chi connectivity index (χ4n) is 8.14. The zero-order valence-electron chi connectivity index (χ0n) is 32.5. The van der Waals surface area contributed by atoms with Crippen LogP contribution in [-0.4, -0.2) is 29.5 Å². The van der Waals surface area contributed by atoms with Gasteiger partial charge in [-0.3, -0.25) is 4.57 Å². The van der Waals surface area contributed by atoms with Crippen LogP contribution in [0.5, 0.6) is 0 Å². The Bertz CT molecular complexity index is 3300. The summed E-state index contributed by atoms with van der Waals surface area (Å²) in [6.07, 6.45) is 0. The van der Waals surface area contributed by atoms with Gasteiger partial charge >= 0.3 is 0 Å². The first-order valence-electron chi connectivity index (χ1n) is 20.1. The zero-order valence-corrected chi connectivity index (χ0v) is 32.5. The van der Waals surface area contributed by atoms with Crippen LogP contribution in [0.1, 0.15) is 0 Å². The second-order valence-electron chi connectivity index (χ2n) is 14.9. The molecule has 0 fully saturated rings. The number of oxazole rings is 2. The fourth-order valence-corrected chi connectivity index (χ4v) is 8.14. The molecule has 0 aliphatic heterocycles. The molecule has 12 aromatic rings. The topological polar surface area (TPSA) is 95.7 Å². The monoisotopic (exact) mass is 784 g/mol. The molecule has 8 heteroatoms. The van der Waals surface area contributed by atoms with E-state index in [1.165, 1.54) is 0 Å². The van der Waals surface area contributed by atoms with Crippen LogP contribution in [-0.2, 0) is 0 Å². The highest BCUT2D eigenvalue weighted by Gasteiger charge is 2.19. The second-order valence-corrected chi connectivity index (χ2v) is 14.9. The van der Waals surface area contributed by atoms with Crippen molar-refractivity contribution in [1.82, 2.24) is 29.5 Å². The van der Waals surface area contributed by atoms with Gasteiger partial charge in [-0.1, -0.05) is 121 Å². The van der Waals surface area contributed by atoms with E-state index in [0.717, 1.165) is 88.5 Å². The van der Waals surface area contributed by atoms with Gasteiger partial charge in [0, 0.05) is 33.0 Å². The minimum Gasteiger partial charge on any atom is -0.436 e. The van der Waals surface area contributed by atoms with E-state index >= 15 is 0 Å². The van der Waals surface area contributed by atoms with Crippen molar-refractivity contribution in [2.45, 2.75) is 0 Å². The molecular formula is C53H32N6O2. The average molecular weight is 785 g/mol. The van der Waals surface area contributed by atoms with Crippen molar-refractivity contribution in [1.29, 1.82) is 0 Å². The number of fused-ring (bicyclic) bond motifs is 5. The first-order chi connectivity index (χ1) is 30.2. The van der Waals surface area contributed by atoms with Crippen LogP contribution >= 0.6 is 0 Å². The zero-order chi connectivity index (χ0) is 40.3. The van der Waals surface area contributed by atoms with E-state index in [0.29, 0.717) is 29.4 Å². The Balaban J connectivity index is 0.952. The molecule has 0 spiro atoms. The number of hydrogen-bond donors (Lipinski definition) is 0. The van der Waals surface area contributed by atoms with Crippen LogP contribution in [0, 0.1) is 0 Å². The van der Waals surface area contributed by atoms with Gasteiger partial charge in [0.25, 0.3) is 0 Å². The number of hydrogen-bond acceptors (Lipinski definition) is 7. The number of benzene rings is 8. The first-order valence-corrected chi connectivity index (χ1v) is 20.1. The molecule has 0 saturated carbocycles. The van der Waals surface area contributed by atoms with Crippen molar-refractivity contribution in [2.24, 2.45) is 0 Å². The average Bonchev–Trinajstić information content (AvgIpc) is 4.06. The molecule has 0 aliphatic rings. The Morgan fingerprint density at radius 2 is 0.721 bits per heavy atom. The highest BCUT2D eigenvalue weighted by atomic mass is 16.4. The van der Waals surface area contributed by atoms with Crippen molar-refractivity contribution in [3.8, 4) is 73.9 Å². The van der Waals surface area contributed by atoms with Gasteiger partial charge in [0.15, 0.2) is 22.8 Å². The lowest BCUT2D eigenvalue weighted by atomic mass is 10.0. The van der Waals surface area contributed by atoms with Gasteiger partial charge in [0.1, 0.15) is 11.0 Å². The van der Waals surface area contributed by atoms with Crippen LogP contribution in [0.4, 0.5) is 0 Å². The quantitative estimate of drug-likeness (QED) is 0.159. The molecule has 4 aromatic heterocycles. The fraction of sp³-hybridized carbons (Fsp3) is 0. The van der Waals surface area contributed by atoms with Gasteiger partial charge in [-0.2, -0.15) is 9.97 Å². The lowest BCUT2D eigenvalue weighted by Gasteiger charge is -2.12. The summed E-state index contributed by atoms with van der Waals surface area (Å²) < 4.78 is 14.2. The van der Waals surface area contributed by atoms with E-state index in [9.17, 15) is 0 Å². The van der Waals surface area contributed by atoms with E-state index in [2.05, 4.69) is 124 Å². The van der Waals surface area contributed by atoms with Gasteiger partial charge in [-0.05, 0) is 95.1 Å². The second kappa shape index (κ2) is 14.1. The van der Waals surface area contributed by atoms with E-state index in [1.807, 2.05) is 84.9 Å². The molecule has 4 heterocycles. The highest BCUT2D eigenvalue weighted by Crippen LogP contribution is 2.35. The van der Waals surface area contributed by atoms with Crippen LogP contribution in [0.25, 0.3) is 118 Å². The van der Waals surface area contributed by atoms with Crippen molar-refractivity contribution in [3.63, 3.8) is 0 Å². The first kappa shape index (κ1) is 34.5. The molecule has 0 atom stereocenters. The maximum atomic E-state index is 6.04.